The van der Waals surface area contributed by atoms with Crippen molar-refractivity contribution in [2.45, 2.75) is 13.5 Å². The third kappa shape index (κ3) is 4.88. The van der Waals surface area contributed by atoms with Gasteiger partial charge in [-0.05, 0) is 30.2 Å². The van der Waals surface area contributed by atoms with Crippen molar-refractivity contribution in [3.63, 3.8) is 0 Å². The molecule has 4 nitrogen and oxygen atoms in total. The van der Waals surface area contributed by atoms with Gasteiger partial charge in [0.25, 0.3) is 0 Å². The number of urea groups is 1. The lowest BCUT2D eigenvalue weighted by atomic mass is 10.1. The number of carbonyl (C=O) groups excluding carboxylic acids is 1. The highest BCUT2D eigenvalue weighted by atomic mass is 16.5. The van der Waals surface area contributed by atoms with Crippen LogP contribution in [0.5, 0.6) is 5.75 Å². The Morgan fingerprint density at radius 2 is 2.04 bits per heavy atom. The van der Waals surface area contributed by atoms with Crippen LogP contribution in [0.3, 0.4) is 0 Å². The number of nitrogens with one attached hydrogen (secondary N) is 1. The van der Waals surface area contributed by atoms with Crippen LogP contribution in [-0.4, -0.2) is 24.6 Å². The first-order valence-electron chi connectivity index (χ1n) is 7.50. The summed E-state index contributed by atoms with van der Waals surface area (Å²) in [5.41, 5.74) is 3.01. The number of rotatable bonds is 6. The fourth-order valence-electron chi connectivity index (χ4n) is 2.15. The first-order valence-corrected chi connectivity index (χ1v) is 7.50. The van der Waals surface area contributed by atoms with E-state index in [4.69, 9.17) is 4.74 Å². The van der Waals surface area contributed by atoms with Crippen molar-refractivity contribution in [2.75, 3.05) is 19.0 Å². The Hall–Kier alpha value is -2.75. The van der Waals surface area contributed by atoms with Gasteiger partial charge in [-0.2, -0.15) is 0 Å². The van der Waals surface area contributed by atoms with E-state index in [2.05, 4.69) is 11.9 Å². The van der Waals surface area contributed by atoms with Crippen molar-refractivity contribution in [1.29, 1.82) is 0 Å². The van der Waals surface area contributed by atoms with E-state index in [-0.39, 0.29) is 6.03 Å². The molecule has 0 aromatic heterocycles. The molecule has 0 aliphatic rings. The second-order valence-electron chi connectivity index (χ2n) is 5.34. The van der Waals surface area contributed by atoms with E-state index in [1.807, 2.05) is 49.4 Å². The number of nitrogens with zero attached hydrogens (tertiary/aromatic N) is 1. The molecule has 0 radical (unpaired) electrons. The van der Waals surface area contributed by atoms with Crippen LogP contribution in [0, 0.1) is 6.92 Å². The van der Waals surface area contributed by atoms with Crippen molar-refractivity contribution in [1.82, 2.24) is 4.90 Å². The normalized spacial score (nSPS) is 10.0. The lowest BCUT2D eigenvalue weighted by molar-refractivity contribution is 0.220. The van der Waals surface area contributed by atoms with Gasteiger partial charge in [0.1, 0.15) is 12.4 Å². The average molecular weight is 310 g/mol. The number of amides is 2. The minimum atomic E-state index is -0.158. The van der Waals surface area contributed by atoms with Gasteiger partial charge in [-0.1, -0.05) is 43.0 Å². The summed E-state index contributed by atoms with van der Waals surface area (Å²) >= 11 is 0. The maximum Gasteiger partial charge on any atom is 0.321 e. The molecule has 0 bridgehead atoms. The van der Waals surface area contributed by atoms with Crippen LogP contribution in [0.1, 0.15) is 11.1 Å². The minimum Gasteiger partial charge on any atom is -0.489 e. The molecule has 0 spiro atoms. The van der Waals surface area contributed by atoms with E-state index in [1.54, 1.807) is 24.1 Å². The second-order valence-corrected chi connectivity index (χ2v) is 5.34. The molecule has 2 aromatic carbocycles. The number of hydrogen-bond donors (Lipinski definition) is 1. The zero-order chi connectivity index (χ0) is 16.7. The SMILES string of the molecule is C=CCOc1cccc(NC(=O)N(C)Cc2ccccc2C)c1. The number of aryl methyl sites for hydroxylation is 1. The molecule has 0 atom stereocenters. The topological polar surface area (TPSA) is 41.6 Å². The monoisotopic (exact) mass is 310 g/mol. The highest BCUT2D eigenvalue weighted by Crippen LogP contribution is 2.18. The highest BCUT2D eigenvalue weighted by Gasteiger charge is 2.10. The van der Waals surface area contributed by atoms with Gasteiger partial charge in [0.05, 0.1) is 0 Å². The number of carbonyl (C=O) groups is 1. The summed E-state index contributed by atoms with van der Waals surface area (Å²) in [6, 6.07) is 15.2. The van der Waals surface area contributed by atoms with Crippen LogP contribution in [0.4, 0.5) is 10.5 Å². The molecule has 0 saturated carbocycles. The van der Waals surface area contributed by atoms with E-state index in [0.717, 1.165) is 5.56 Å². The van der Waals surface area contributed by atoms with Crippen LogP contribution in [0.2, 0.25) is 0 Å². The quantitative estimate of drug-likeness (QED) is 0.812. The molecule has 0 saturated heterocycles. The van der Waals surface area contributed by atoms with E-state index in [9.17, 15) is 4.79 Å². The van der Waals surface area contributed by atoms with Gasteiger partial charge >= 0.3 is 6.03 Å². The second kappa shape index (κ2) is 8.03. The summed E-state index contributed by atoms with van der Waals surface area (Å²) in [5.74, 6) is 0.698. The maximum atomic E-state index is 12.3. The van der Waals surface area contributed by atoms with Crippen molar-refractivity contribution in [2.24, 2.45) is 0 Å². The fourth-order valence-corrected chi connectivity index (χ4v) is 2.15. The number of anilines is 1. The summed E-state index contributed by atoms with van der Waals surface area (Å²) in [4.78, 5) is 14.0. The summed E-state index contributed by atoms with van der Waals surface area (Å²) in [7, 11) is 1.78. The van der Waals surface area contributed by atoms with Crippen LogP contribution < -0.4 is 10.1 Å². The van der Waals surface area contributed by atoms with Gasteiger partial charge in [0.15, 0.2) is 0 Å². The molecule has 0 aliphatic heterocycles. The molecule has 2 aromatic rings. The van der Waals surface area contributed by atoms with Gasteiger partial charge < -0.3 is 15.0 Å². The third-order valence-electron chi connectivity index (χ3n) is 3.47. The molecule has 23 heavy (non-hydrogen) atoms. The Kier molecular flexibility index (Phi) is 5.80. The van der Waals surface area contributed by atoms with Crippen molar-refractivity contribution in [3.05, 3.63) is 72.3 Å². The van der Waals surface area contributed by atoms with Crippen LogP contribution in [-0.2, 0) is 6.54 Å². The number of ether oxygens (including phenoxy) is 1. The molecular formula is C19H22N2O2. The third-order valence-corrected chi connectivity index (χ3v) is 3.47. The lowest BCUT2D eigenvalue weighted by Crippen LogP contribution is -2.31. The average Bonchev–Trinajstić information content (AvgIpc) is 2.55. The van der Waals surface area contributed by atoms with E-state index in [1.165, 1.54) is 5.56 Å². The Balaban J connectivity index is 1.98. The lowest BCUT2D eigenvalue weighted by Gasteiger charge is -2.19. The Labute approximate surface area is 137 Å². The molecule has 0 aliphatic carbocycles. The van der Waals surface area contributed by atoms with Gasteiger partial charge in [0, 0.05) is 25.3 Å². The predicted molar refractivity (Wildman–Crippen MR) is 93.8 cm³/mol. The van der Waals surface area contributed by atoms with E-state index in [0.29, 0.717) is 24.6 Å². The molecule has 1 N–H and O–H groups in total. The van der Waals surface area contributed by atoms with Crippen molar-refractivity contribution < 1.29 is 9.53 Å². The summed E-state index contributed by atoms with van der Waals surface area (Å²) < 4.78 is 5.47. The molecule has 2 rings (SSSR count). The van der Waals surface area contributed by atoms with Gasteiger partial charge in [-0.15, -0.1) is 0 Å². The molecule has 0 unspecified atom stereocenters. The number of benzene rings is 2. The molecule has 4 heteroatoms. The predicted octanol–water partition coefficient (Wildman–Crippen LogP) is 4.22. The molecule has 0 heterocycles. The molecular weight excluding hydrogens is 288 g/mol. The van der Waals surface area contributed by atoms with Gasteiger partial charge in [-0.3, -0.25) is 0 Å². The molecule has 0 fully saturated rings. The van der Waals surface area contributed by atoms with Gasteiger partial charge in [0.2, 0.25) is 0 Å². The van der Waals surface area contributed by atoms with Gasteiger partial charge in [-0.25, -0.2) is 4.79 Å². The first-order chi connectivity index (χ1) is 11.1. The Morgan fingerprint density at radius 3 is 2.78 bits per heavy atom. The minimum absolute atomic E-state index is 0.158. The molecule has 120 valence electrons. The summed E-state index contributed by atoms with van der Waals surface area (Å²) in [6.45, 7) is 6.65. The Morgan fingerprint density at radius 1 is 1.26 bits per heavy atom. The van der Waals surface area contributed by atoms with Crippen LogP contribution in [0.15, 0.2) is 61.2 Å². The van der Waals surface area contributed by atoms with E-state index >= 15 is 0 Å². The number of hydrogen-bond acceptors (Lipinski definition) is 2. The van der Waals surface area contributed by atoms with E-state index < -0.39 is 0 Å². The van der Waals surface area contributed by atoms with Crippen molar-refractivity contribution >= 4 is 11.7 Å². The van der Waals surface area contributed by atoms with Crippen LogP contribution in [0.25, 0.3) is 0 Å². The standard InChI is InChI=1S/C19H22N2O2/c1-4-12-23-18-11-7-10-17(13-18)20-19(22)21(3)14-16-9-6-5-8-15(16)2/h4-11,13H,1,12,14H2,2-3H3,(H,20,22). The highest BCUT2D eigenvalue weighted by molar-refractivity contribution is 5.89. The fraction of sp³-hybridized carbons (Fsp3) is 0.211. The Bertz CT molecular complexity index is 683. The smallest absolute Gasteiger partial charge is 0.321 e. The summed E-state index contributed by atoms with van der Waals surface area (Å²) in [5, 5.41) is 2.88. The largest absolute Gasteiger partial charge is 0.489 e. The maximum absolute atomic E-state index is 12.3. The van der Waals surface area contributed by atoms with Crippen molar-refractivity contribution in [3.8, 4) is 5.75 Å². The van der Waals surface area contributed by atoms with Crippen LogP contribution >= 0.6 is 0 Å². The zero-order valence-electron chi connectivity index (χ0n) is 13.6. The molecule has 2 amide bonds. The summed E-state index contributed by atoms with van der Waals surface area (Å²) in [6.07, 6.45) is 1.68. The first kappa shape index (κ1) is 16.6. The zero-order valence-corrected chi connectivity index (χ0v) is 13.6.